The largest absolute Gasteiger partial charge is 0.495 e. The van der Waals surface area contributed by atoms with Crippen LogP contribution in [0.15, 0.2) is 24.3 Å². The minimum atomic E-state index is -0.475. The Bertz CT molecular complexity index is 506. The van der Waals surface area contributed by atoms with E-state index in [1.807, 2.05) is 24.3 Å². The van der Waals surface area contributed by atoms with Gasteiger partial charge >= 0.3 is 0 Å². The summed E-state index contributed by atoms with van der Waals surface area (Å²) in [5.74, 6) is 0.794. The lowest BCUT2D eigenvalue weighted by atomic mass is 10.00. The second-order valence-electron chi connectivity index (χ2n) is 5.47. The van der Waals surface area contributed by atoms with Crippen LogP contribution in [0.4, 0.5) is 5.69 Å². The fraction of sp³-hybridized carbons (Fsp3) is 0.533. The number of nitriles is 1. The third-order valence-electron chi connectivity index (χ3n) is 4.06. The van der Waals surface area contributed by atoms with Gasteiger partial charge < -0.3 is 10.1 Å². The third-order valence-corrected chi connectivity index (χ3v) is 4.06. The van der Waals surface area contributed by atoms with Crippen molar-refractivity contribution in [1.82, 2.24) is 4.90 Å². The van der Waals surface area contributed by atoms with Crippen molar-refractivity contribution in [1.29, 1.82) is 5.26 Å². The summed E-state index contributed by atoms with van der Waals surface area (Å²) in [7, 11) is 1.66. The van der Waals surface area contributed by atoms with E-state index >= 15 is 0 Å². The molecule has 1 aromatic rings. The lowest BCUT2D eigenvalue weighted by molar-refractivity contribution is 0.319. The molecule has 1 saturated carbocycles. The molecule has 19 heavy (non-hydrogen) atoms. The molecule has 1 unspecified atom stereocenters. The summed E-state index contributed by atoms with van der Waals surface area (Å²) in [4.78, 5) is 2.44. The molecule has 0 amide bonds. The van der Waals surface area contributed by atoms with Crippen LogP contribution in [0.5, 0.6) is 5.75 Å². The predicted octanol–water partition coefficient (Wildman–Crippen LogP) is 2.24. The Balaban J connectivity index is 1.78. The first-order valence-electron chi connectivity index (χ1n) is 6.83. The second-order valence-corrected chi connectivity index (χ2v) is 5.47. The Morgan fingerprint density at radius 3 is 2.89 bits per heavy atom. The van der Waals surface area contributed by atoms with Crippen LogP contribution in [-0.4, -0.2) is 36.7 Å². The van der Waals surface area contributed by atoms with E-state index in [9.17, 15) is 5.26 Å². The van der Waals surface area contributed by atoms with Gasteiger partial charge in [0.15, 0.2) is 0 Å². The summed E-state index contributed by atoms with van der Waals surface area (Å²) < 4.78 is 5.35. The molecular formula is C15H19N3O. The minimum Gasteiger partial charge on any atom is -0.495 e. The zero-order valence-corrected chi connectivity index (χ0v) is 11.2. The van der Waals surface area contributed by atoms with Crippen molar-refractivity contribution >= 4 is 5.69 Å². The Morgan fingerprint density at radius 1 is 1.42 bits per heavy atom. The van der Waals surface area contributed by atoms with E-state index in [-0.39, 0.29) is 0 Å². The summed E-state index contributed by atoms with van der Waals surface area (Å²) in [6.07, 6.45) is 3.45. The van der Waals surface area contributed by atoms with Gasteiger partial charge in [0.05, 0.1) is 18.9 Å². The van der Waals surface area contributed by atoms with Crippen LogP contribution >= 0.6 is 0 Å². The number of rotatable bonds is 4. The van der Waals surface area contributed by atoms with Gasteiger partial charge in [0.2, 0.25) is 0 Å². The Morgan fingerprint density at radius 2 is 2.21 bits per heavy atom. The Hall–Kier alpha value is -1.73. The number of nitrogens with zero attached hydrogens (tertiary/aromatic N) is 2. The number of para-hydroxylation sites is 2. The predicted molar refractivity (Wildman–Crippen MR) is 74.2 cm³/mol. The van der Waals surface area contributed by atoms with Gasteiger partial charge in [-0.05, 0) is 31.4 Å². The summed E-state index contributed by atoms with van der Waals surface area (Å²) >= 11 is 0. The van der Waals surface area contributed by atoms with Crippen LogP contribution in [0.2, 0.25) is 0 Å². The van der Waals surface area contributed by atoms with Crippen LogP contribution in [-0.2, 0) is 0 Å². The standard InChI is InChI=1S/C15H19N3O/c1-19-14-5-3-2-4-13(14)17-15(10-16)8-9-18(11-15)12-6-7-12/h2-5,12,17H,6-9,11H2,1H3. The number of benzene rings is 1. The molecule has 1 aliphatic carbocycles. The SMILES string of the molecule is COc1ccccc1NC1(C#N)CCN(C2CC2)C1. The van der Waals surface area contributed by atoms with Crippen LogP contribution < -0.4 is 10.1 Å². The lowest BCUT2D eigenvalue weighted by Gasteiger charge is -2.25. The van der Waals surface area contributed by atoms with Crippen molar-refractivity contribution in [2.75, 3.05) is 25.5 Å². The number of likely N-dealkylation sites (tertiary alicyclic amines) is 1. The van der Waals surface area contributed by atoms with Crippen molar-refractivity contribution in [2.24, 2.45) is 0 Å². The average Bonchev–Trinajstić information content (AvgIpc) is 3.22. The second kappa shape index (κ2) is 4.75. The molecule has 1 aromatic carbocycles. The minimum absolute atomic E-state index is 0.475. The number of nitrogens with one attached hydrogen (secondary N) is 1. The fourth-order valence-corrected chi connectivity index (χ4v) is 2.82. The molecule has 0 aromatic heterocycles. The highest BCUT2D eigenvalue weighted by molar-refractivity contribution is 5.59. The average molecular weight is 257 g/mol. The number of ether oxygens (including phenoxy) is 1. The van der Waals surface area contributed by atoms with E-state index < -0.39 is 5.54 Å². The van der Waals surface area contributed by atoms with E-state index in [1.165, 1.54) is 12.8 Å². The van der Waals surface area contributed by atoms with E-state index in [0.29, 0.717) is 0 Å². The molecule has 2 aliphatic rings. The number of anilines is 1. The van der Waals surface area contributed by atoms with Crippen LogP contribution in [0, 0.1) is 11.3 Å². The van der Waals surface area contributed by atoms with Crippen molar-refractivity contribution in [3.8, 4) is 11.8 Å². The summed E-state index contributed by atoms with van der Waals surface area (Å²) in [6, 6.07) is 11.0. The Labute approximate surface area is 114 Å². The molecule has 1 N–H and O–H groups in total. The van der Waals surface area contributed by atoms with Crippen molar-refractivity contribution < 1.29 is 4.74 Å². The molecule has 0 spiro atoms. The molecule has 3 rings (SSSR count). The van der Waals surface area contributed by atoms with Gasteiger partial charge in [-0.1, -0.05) is 12.1 Å². The monoisotopic (exact) mass is 257 g/mol. The van der Waals surface area contributed by atoms with Gasteiger partial charge in [0.25, 0.3) is 0 Å². The fourth-order valence-electron chi connectivity index (χ4n) is 2.82. The lowest BCUT2D eigenvalue weighted by Crippen LogP contribution is -2.40. The van der Waals surface area contributed by atoms with Gasteiger partial charge in [-0.3, -0.25) is 4.90 Å². The van der Waals surface area contributed by atoms with Crippen LogP contribution in [0.3, 0.4) is 0 Å². The topological polar surface area (TPSA) is 48.3 Å². The van der Waals surface area contributed by atoms with Crippen molar-refractivity contribution in [2.45, 2.75) is 30.8 Å². The molecule has 1 saturated heterocycles. The van der Waals surface area contributed by atoms with Crippen LogP contribution in [0.25, 0.3) is 0 Å². The summed E-state index contributed by atoms with van der Waals surface area (Å²) in [6.45, 7) is 1.83. The molecule has 4 heteroatoms. The maximum atomic E-state index is 9.58. The van der Waals surface area contributed by atoms with Gasteiger partial charge in [0.1, 0.15) is 11.3 Å². The molecular weight excluding hydrogens is 238 g/mol. The number of methoxy groups -OCH3 is 1. The molecule has 0 radical (unpaired) electrons. The van der Waals surface area contributed by atoms with Crippen molar-refractivity contribution in [3.63, 3.8) is 0 Å². The molecule has 4 nitrogen and oxygen atoms in total. The van der Waals surface area contributed by atoms with Crippen LogP contribution in [0.1, 0.15) is 19.3 Å². The van der Waals surface area contributed by atoms with E-state index in [2.05, 4.69) is 16.3 Å². The maximum absolute atomic E-state index is 9.58. The molecule has 2 fully saturated rings. The van der Waals surface area contributed by atoms with Gasteiger partial charge in [-0.2, -0.15) is 5.26 Å². The van der Waals surface area contributed by atoms with Crippen molar-refractivity contribution in [3.05, 3.63) is 24.3 Å². The highest BCUT2D eigenvalue weighted by Crippen LogP contribution is 2.36. The molecule has 1 heterocycles. The quantitative estimate of drug-likeness (QED) is 0.898. The first kappa shape index (κ1) is 12.3. The normalized spacial score (nSPS) is 26.9. The Kier molecular flexibility index (Phi) is 3.08. The van der Waals surface area contributed by atoms with E-state index in [4.69, 9.17) is 4.74 Å². The summed E-state index contributed by atoms with van der Waals surface area (Å²) in [5, 5.41) is 13.0. The molecule has 0 bridgehead atoms. The number of hydrogen-bond acceptors (Lipinski definition) is 4. The smallest absolute Gasteiger partial charge is 0.141 e. The molecule has 1 atom stereocenters. The zero-order valence-electron chi connectivity index (χ0n) is 11.2. The number of hydrogen-bond donors (Lipinski definition) is 1. The van der Waals surface area contributed by atoms with Gasteiger partial charge in [0, 0.05) is 19.1 Å². The first-order valence-corrected chi connectivity index (χ1v) is 6.83. The molecule has 100 valence electrons. The zero-order chi connectivity index (χ0) is 13.3. The van der Waals surface area contributed by atoms with E-state index in [0.717, 1.165) is 37.0 Å². The molecule has 1 aliphatic heterocycles. The summed E-state index contributed by atoms with van der Waals surface area (Å²) in [5.41, 5.74) is 0.432. The maximum Gasteiger partial charge on any atom is 0.141 e. The third kappa shape index (κ3) is 2.39. The highest BCUT2D eigenvalue weighted by atomic mass is 16.5. The van der Waals surface area contributed by atoms with Gasteiger partial charge in [-0.15, -0.1) is 0 Å². The highest BCUT2D eigenvalue weighted by Gasteiger charge is 2.43. The van der Waals surface area contributed by atoms with Gasteiger partial charge in [-0.25, -0.2) is 0 Å². The van der Waals surface area contributed by atoms with E-state index in [1.54, 1.807) is 7.11 Å². The first-order chi connectivity index (χ1) is 9.26.